The van der Waals surface area contributed by atoms with Crippen LogP contribution in [0.3, 0.4) is 0 Å². The lowest BCUT2D eigenvalue weighted by Gasteiger charge is -2.39. The average Bonchev–Trinajstić information content (AvgIpc) is 2.67. The first-order valence-corrected chi connectivity index (χ1v) is 8.56. The van der Waals surface area contributed by atoms with Crippen molar-refractivity contribution < 1.29 is 0 Å². The maximum absolute atomic E-state index is 12.5. The third-order valence-corrected chi connectivity index (χ3v) is 5.30. The number of hydrogen-bond donors (Lipinski definition) is 1. The highest BCUT2D eigenvalue weighted by atomic mass is 79.9. The van der Waals surface area contributed by atoms with E-state index in [4.69, 9.17) is 5.73 Å². The van der Waals surface area contributed by atoms with Crippen molar-refractivity contribution in [2.75, 3.05) is 4.90 Å². The predicted molar refractivity (Wildman–Crippen MR) is 87.5 cm³/mol. The molecule has 0 aliphatic carbocycles. The fourth-order valence-electron chi connectivity index (χ4n) is 3.72. The van der Waals surface area contributed by atoms with Gasteiger partial charge in [-0.05, 0) is 47.5 Å². The molecule has 2 aliphatic rings. The van der Waals surface area contributed by atoms with Gasteiger partial charge >= 0.3 is 0 Å². The molecule has 3 rings (SSSR count). The molecule has 2 fully saturated rings. The number of anilines is 1. The molecule has 1 aromatic heterocycles. The lowest BCUT2D eigenvalue weighted by atomic mass is 9.98. The first-order chi connectivity index (χ1) is 9.97. The van der Waals surface area contributed by atoms with Gasteiger partial charge in [-0.3, -0.25) is 4.79 Å². The summed E-state index contributed by atoms with van der Waals surface area (Å²) in [4.78, 5) is 14.8. The normalized spacial score (nSPS) is 28.4. The summed E-state index contributed by atoms with van der Waals surface area (Å²) in [7, 11) is 0. The molecule has 2 saturated heterocycles. The average molecular weight is 355 g/mol. The molecule has 0 saturated carbocycles. The highest BCUT2D eigenvalue weighted by Gasteiger charge is 2.40. The third kappa shape index (κ3) is 2.75. The maximum Gasteiger partial charge on any atom is 0.283 e. The third-order valence-electron chi connectivity index (χ3n) is 4.55. The van der Waals surface area contributed by atoms with E-state index in [1.165, 1.54) is 12.8 Å². The van der Waals surface area contributed by atoms with Gasteiger partial charge in [0, 0.05) is 24.7 Å². The van der Waals surface area contributed by atoms with Crippen molar-refractivity contribution in [2.24, 2.45) is 11.7 Å². The van der Waals surface area contributed by atoms with Crippen LogP contribution < -0.4 is 16.2 Å². The fourth-order valence-corrected chi connectivity index (χ4v) is 4.24. The van der Waals surface area contributed by atoms with Crippen molar-refractivity contribution in [1.29, 1.82) is 0 Å². The molecule has 21 heavy (non-hydrogen) atoms. The Morgan fingerprint density at radius 2 is 2.00 bits per heavy atom. The first kappa shape index (κ1) is 15.0. The van der Waals surface area contributed by atoms with E-state index >= 15 is 0 Å². The van der Waals surface area contributed by atoms with Crippen LogP contribution in [0, 0.1) is 5.92 Å². The summed E-state index contributed by atoms with van der Waals surface area (Å²) in [5.41, 5.74) is 7.03. The van der Waals surface area contributed by atoms with Crippen molar-refractivity contribution >= 4 is 21.6 Å². The molecule has 2 atom stereocenters. The van der Waals surface area contributed by atoms with Crippen molar-refractivity contribution in [1.82, 2.24) is 9.78 Å². The van der Waals surface area contributed by atoms with E-state index in [9.17, 15) is 4.79 Å². The van der Waals surface area contributed by atoms with Crippen LogP contribution in [-0.2, 0) is 6.54 Å². The molecule has 3 heterocycles. The standard InChI is InChI=1S/C15H23BrN4O/c1-9(2)8-19-15(21)14(16)13(7-18-19)20-11-3-4-12(20)6-10(17)5-11/h7,9-12H,3-6,8,17H2,1-2H3. The minimum atomic E-state index is -0.0320. The second kappa shape index (κ2) is 5.72. The number of fused-ring (bicyclic) bond motifs is 2. The quantitative estimate of drug-likeness (QED) is 0.902. The van der Waals surface area contributed by atoms with E-state index in [2.05, 4.69) is 39.8 Å². The summed E-state index contributed by atoms with van der Waals surface area (Å²) in [5.74, 6) is 0.400. The highest BCUT2D eigenvalue weighted by molar-refractivity contribution is 9.10. The Balaban J connectivity index is 1.94. The lowest BCUT2D eigenvalue weighted by molar-refractivity contribution is 0.411. The van der Waals surface area contributed by atoms with Crippen molar-refractivity contribution in [3.63, 3.8) is 0 Å². The molecule has 2 aliphatic heterocycles. The number of nitrogens with two attached hydrogens (primary N) is 1. The van der Waals surface area contributed by atoms with E-state index in [-0.39, 0.29) is 5.56 Å². The summed E-state index contributed by atoms with van der Waals surface area (Å²) >= 11 is 3.51. The Kier molecular flexibility index (Phi) is 4.10. The zero-order valence-electron chi connectivity index (χ0n) is 12.6. The van der Waals surface area contributed by atoms with Crippen LogP contribution in [0.1, 0.15) is 39.5 Å². The van der Waals surface area contributed by atoms with E-state index < -0.39 is 0 Å². The summed E-state index contributed by atoms with van der Waals surface area (Å²) in [6.07, 6.45) is 6.20. The lowest BCUT2D eigenvalue weighted by Crippen LogP contribution is -2.48. The van der Waals surface area contributed by atoms with E-state index in [1.807, 2.05) is 6.20 Å². The van der Waals surface area contributed by atoms with Gasteiger partial charge in [0.15, 0.2) is 0 Å². The first-order valence-electron chi connectivity index (χ1n) is 7.77. The number of aromatic nitrogens is 2. The minimum Gasteiger partial charge on any atom is -0.363 e. The van der Waals surface area contributed by atoms with Crippen molar-refractivity contribution in [2.45, 2.75) is 64.2 Å². The van der Waals surface area contributed by atoms with Gasteiger partial charge in [0.2, 0.25) is 0 Å². The molecule has 0 radical (unpaired) electrons. The SMILES string of the molecule is CC(C)Cn1ncc(N2C3CCC2CC(N)C3)c(Br)c1=O. The second-order valence-corrected chi connectivity index (χ2v) is 7.54. The van der Waals surface area contributed by atoms with E-state index in [1.54, 1.807) is 4.68 Å². The topological polar surface area (TPSA) is 64.2 Å². The monoisotopic (exact) mass is 354 g/mol. The molecule has 116 valence electrons. The van der Waals surface area contributed by atoms with Gasteiger partial charge < -0.3 is 10.6 Å². The maximum atomic E-state index is 12.5. The number of rotatable bonds is 3. The second-order valence-electron chi connectivity index (χ2n) is 6.75. The molecular formula is C15H23BrN4O. The highest BCUT2D eigenvalue weighted by Crippen LogP contribution is 2.40. The molecule has 2 unspecified atom stereocenters. The van der Waals surface area contributed by atoms with Crippen LogP contribution in [-0.4, -0.2) is 27.9 Å². The van der Waals surface area contributed by atoms with Gasteiger partial charge in [0.25, 0.3) is 5.56 Å². The molecular weight excluding hydrogens is 332 g/mol. The predicted octanol–water partition coefficient (Wildman–Crippen LogP) is 2.12. The fraction of sp³-hybridized carbons (Fsp3) is 0.733. The molecule has 0 spiro atoms. The molecule has 2 bridgehead atoms. The number of halogens is 1. The summed E-state index contributed by atoms with van der Waals surface area (Å²) in [5, 5.41) is 4.37. The molecule has 0 aromatic carbocycles. The Hall–Kier alpha value is -0.880. The van der Waals surface area contributed by atoms with Gasteiger partial charge in [0.05, 0.1) is 11.9 Å². The summed E-state index contributed by atoms with van der Waals surface area (Å²) in [6, 6.07) is 1.21. The van der Waals surface area contributed by atoms with Gasteiger partial charge in [-0.15, -0.1) is 0 Å². The van der Waals surface area contributed by atoms with Gasteiger partial charge in [-0.1, -0.05) is 13.8 Å². The van der Waals surface area contributed by atoms with Crippen LogP contribution >= 0.6 is 15.9 Å². The number of hydrogen-bond acceptors (Lipinski definition) is 4. The molecule has 0 amide bonds. The number of piperidine rings is 1. The summed E-state index contributed by atoms with van der Waals surface area (Å²) < 4.78 is 2.20. The van der Waals surface area contributed by atoms with E-state index in [0.29, 0.717) is 35.1 Å². The summed E-state index contributed by atoms with van der Waals surface area (Å²) in [6.45, 7) is 4.82. The van der Waals surface area contributed by atoms with Crippen molar-refractivity contribution in [3.8, 4) is 0 Å². The van der Waals surface area contributed by atoms with E-state index in [0.717, 1.165) is 18.5 Å². The smallest absolute Gasteiger partial charge is 0.283 e. The molecule has 2 N–H and O–H groups in total. The van der Waals surface area contributed by atoms with Gasteiger partial charge in [-0.25, -0.2) is 4.68 Å². The Morgan fingerprint density at radius 1 is 1.38 bits per heavy atom. The Morgan fingerprint density at radius 3 is 2.57 bits per heavy atom. The van der Waals surface area contributed by atoms with Crippen LogP contribution in [0.4, 0.5) is 5.69 Å². The van der Waals surface area contributed by atoms with Gasteiger partial charge in [-0.2, -0.15) is 5.10 Å². The molecule has 6 heteroatoms. The van der Waals surface area contributed by atoms with Crippen LogP contribution in [0.2, 0.25) is 0 Å². The number of nitrogens with zero attached hydrogens (tertiary/aromatic N) is 3. The molecule has 5 nitrogen and oxygen atoms in total. The minimum absolute atomic E-state index is 0.0320. The zero-order valence-corrected chi connectivity index (χ0v) is 14.2. The zero-order chi connectivity index (χ0) is 15.1. The van der Waals surface area contributed by atoms with Crippen molar-refractivity contribution in [3.05, 3.63) is 21.0 Å². The Bertz CT molecular complexity index is 572. The van der Waals surface area contributed by atoms with Crippen LogP contribution in [0.5, 0.6) is 0 Å². The van der Waals surface area contributed by atoms with Gasteiger partial charge in [0.1, 0.15) is 4.47 Å². The Labute approximate surface area is 133 Å². The largest absolute Gasteiger partial charge is 0.363 e. The van der Waals surface area contributed by atoms with Crippen LogP contribution in [0.25, 0.3) is 0 Å². The van der Waals surface area contributed by atoms with Crippen LogP contribution in [0.15, 0.2) is 15.5 Å². The molecule has 1 aromatic rings.